The summed E-state index contributed by atoms with van der Waals surface area (Å²) in [5.41, 5.74) is 0. The Morgan fingerprint density at radius 1 is 1.15 bits per heavy atom. The maximum Gasteiger partial charge on any atom is 0.312 e. The predicted octanol–water partition coefficient (Wildman–Crippen LogP) is 3.66. The minimum Gasteiger partial charge on any atom is -0.432 e. The lowest BCUT2D eigenvalue weighted by Crippen LogP contribution is -2.34. The summed E-state index contributed by atoms with van der Waals surface area (Å²) in [5.74, 6) is 1.31. The van der Waals surface area contributed by atoms with Gasteiger partial charge in [-0.3, -0.25) is 4.79 Å². The minimum absolute atomic E-state index is 0.0478. The van der Waals surface area contributed by atoms with Gasteiger partial charge in [0, 0.05) is 12.3 Å². The van der Waals surface area contributed by atoms with E-state index in [1.54, 1.807) is 0 Å². The molecule has 0 aromatic carbocycles. The number of ether oxygens (including phenoxy) is 2. The third-order valence-corrected chi connectivity index (χ3v) is 6.23. The molecule has 3 nitrogen and oxygen atoms in total. The summed E-state index contributed by atoms with van der Waals surface area (Å²) in [7, 11) is 0. The molecular formula is C17H26O3. The van der Waals surface area contributed by atoms with Crippen LogP contribution >= 0.6 is 0 Å². The fraction of sp³-hybridized carbons (Fsp3) is 0.941. The van der Waals surface area contributed by atoms with Crippen LogP contribution in [0.2, 0.25) is 0 Å². The molecule has 0 amide bonds. The first kappa shape index (κ1) is 13.1. The van der Waals surface area contributed by atoms with Crippen molar-refractivity contribution in [1.29, 1.82) is 0 Å². The number of esters is 1. The molecule has 3 heteroatoms. The number of hydrogen-bond donors (Lipinski definition) is 0. The van der Waals surface area contributed by atoms with Crippen molar-refractivity contribution in [3.05, 3.63) is 0 Å². The molecule has 4 fully saturated rings. The summed E-state index contributed by atoms with van der Waals surface area (Å²) in [6.07, 6.45) is 11.3. The molecule has 2 aliphatic heterocycles. The van der Waals surface area contributed by atoms with E-state index in [2.05, 4.69) is 6.92 Å². The van der Waals surface area contributed by atoms with Gasteiger partial charge in [-0.25, -0.2) is 0 Å². The van der Waals surface area contributed by atoms with E-state index < -0.39 is 5.79 Å². The van der Waals surface area contributed by atoms with Crippen LogP contribution < -0.4 is 0 Å². The van der Waals surface area contributed by atoms with Crippen molar-refractivity contribution < 1.29 is 14.3 Å². The quantitative estimate of drug-likeness (QED) is 0.526. The molecule has 2 bridgehead atoms. The zero-order chi connectivity index (χ0) is 13.7. The zero-order valence-corrected chi connectivity index (χ0v) is 12.5. The van der Waals surface area contributed by atoms with E-state index in [1.807, 2.05) is 0 Å². The van der Waals surface area contributed by atoms with Crippen LogP contribution in [-0.2, 0) is 14.3 Å². The molecule has 112 valence electrons. The molecule has 0 aromatic heterocycles. The predicted molar refractivity (Wildman–Crippen MR) is 74.9 cm³/mol. The minimum atomic E-state index is -0.507. The van der Waals surface area contributed by atoms with Crippen LogP contribution in [-0.4, -0.2) is 17.9 Å². The van der Waals surface area contributed by atoms with Crippen LogP contribution in [0.25, 0.3) is 0 Å². The highest BCUT2D eigenvalue weighted by Gasteiger charge is 2.74. The molecule has 4 aliphatic rings. The topological polar surface area (TPSA) is 35.5 Å². The Bertz CT molecular complexity index is 405. The van der Waals surface area contributed by atoms with Gasteiger partial charge in [0.1, 0.15) is 0 Å². The van der Waals surface area contributed by atoms with Gasteiger partial charge >= 0.3 is 5.97 Å². The largest absolute Gasteiger partial charge is 0.432 e. The van der Waals surface area contributed by atoms with Gasteiger partial charge < -0.3 is 9.47 Å². The maximum absolute atomic E-state index is 12.2. The summed E-state index contributed by atoms with van der Waals surface area (Å²) in [4.78, 5) is 12.2. The second kappa shape index (κ2) is 4.72. The lowest BCUT2D eigenvalue weighted by atomic mass is 9.77. The highest BCUT2D eigenvalue weighted by atomic mass is 16.7. The highest BCUT2D eigenvalue weighted by Crippen LogP contribution is 2.67. The van der Waals surface area contributed by atoms with Crippen molar-refractivity contribution in [2.24, 2.45) is 23.7 Å². The number of carbonyl (C=O) groups is 1. The Balaban J connectivity index is 1.37. The molecular weight excluding hydrogens is 252 g/mol. The van der Waals surface area contributed by atoms with E-state index in [0.29, 0.717) is 23.9 Å². The number of carbonyl (C=O) groups excluding carboxylic acids is 1. The second-order valence-electron chi connectivity index (χ2n) is 7.35. The molecule has 2 saturated heterocycles. The zero-order valence-electron chi connectivity index (χ0n) is 12.5. The van der Waals surface area contributed by atoms with Crippen molar-refractivity contribution in [3.63, 3.8) is 0 Å². The average Bonchev–Trinajstić information content (AvgIpc) is 3.08. The van der Waals surface area contributed by atoms with Gasteiger partial charge in [-0.2, -0.15) is 0 Å². The van der Waals surface area contributed by atoms with E-state index in [-0.39, 0.29) is 11.9 Å². The van der Waals surface area contributed by atoms with Gasteiger partial charge in [-0.15, -0.1) is 0 Å². The molecule has 0 aromatic rings. The lowest BCUT2D eigenvalue weighted by Gasteiger charge is -2.27. The van der Waals surface area contributed by atoms with E-state index in [9.17, 15) is 4.79 Å². The lowest BCUT2D eigenvalue weighted by molar-refractivity contribution is -0.219. The smallest absolute Gasteiger partial charge is 0.312 e. The Hall–Kier alpha value is -0.570. The number of hydrogen-bond acceptors (Lipinski definition) is 3. The van der Waals surface area contributed by atoms with Gasteiger partial charge in [0.2, 0.25) is 5.79 Å². The molecule has 20 heavy (non-hydrogen) atoms. The van der Waals surface area contributed by atoms with Gasteiger partial charge in [0.05, 0.1) is 12.0 Å². The van der Waals surface area contributed by atoms with Crippen LogP contribution in [0.5, 0.6) is 0 Å². The fourth-order valence-corrected chi connectivity index (χ4v) is 5.47. The summed E-state index contributed by atoms with van der Waals surface area (Å²) in [5, 5.41) is 0. The summed E-state index contributed by atoms with van der Waals surface area (Å²) in [6, 6.07) is 0. The molecule has 2 aliphatic carbocycles. The Morgan fingerprint density at radius 3 is 2.80 bits per heavy atom. The molecule has 2 heterocycles. The number of rotatable bonds is 7. The standard InChI is InChI=1S/C17H26O3/c1-2-3-4-5-6-7-8-17-15-12-9-11(10-13(12)19-17)14(15)16(18)20-17/h11-15H,2-10H2,1H3/t11-,12+,13-,14-,15-,17+/m1/s1. The Labute approximate surface area is 121 Å². The fourth-order valence-electron chi connectivity index (χ4n) is 5.47. The molecule has 0 radical (unpaired) electrons. The monoisotopic (exact) mass is 278 g/mol. The molecule has 6 atom stereocenters. The first-order valence-electron chi connectivity index (χ1n) is 8.66. The third-order valence-electron chi connectivity index (χ3n) is 6.23. The van der Waals surface area contributed by atoms with Gasteiger partial charge in [-0.1, -0.05) is 39.0 Å². The molecule has 2 saturated carbocycles. The van der Waals surface area contributed by atoms with Crippen molar-refractivity contribution in [2.75, 3.05) is 0 Å². The molecule has 0 unspecified atom stereocenters. The van der Waals surface area contributed by atoms with Crippen molar-refractivity contribution in [3.8, 4) is 0 Å². The number of fused-ring (bicyclic) bond motifs is 2. The first-order chi connectivity index (χ1) is 9.75. The highest BCUT2D eigenvalue weighted by molar-refractivity contribution is 5.77. The average molecular weight is 278 g/mol. The maximum atomic E-state index is 12.2. The van der Waals surface area contributed by atoms with Gasteiger partial charge in [0.25, 0.3) is 0 Å². The Kier molecular flexibility index (Phi) is 3.10. The van der Waals surface area contributed by atoms with E-state index >= 15 is 0 Å². The van der Waals surface area contributed by atoms with Crippen LogP contribution in [0.3, 0.4) is 0 Å². The SMILES string of the molecule is CCCCCCCC[C@]12OC(=O)[C@@H]3[C@@H]4C[C@H]([C@H]31)[C@@H](C4)O2. The third kappa shape index (κ3) is 1.71. The second-order valence-corrected chi connectivity index (χ2v) is 7.35. The number of unbranched alkanes of at least 4 members (excludes halogenated alkanes) is 5. The van der Waals surface area contributed by atoms with E-state index in [0.717, 1.165) is 19.3 Å². The van der Waals surface area contributed by atoms with Crippen molar-refractivity contribution in [2.45, 2.75) is 76.6 Å². The van der Waals surface area contributed by atoms with E-state index in [4.69, 9.17) is 9.47 Å². The Morgan fingerprint density at radius 2 is 1.95 bits per heavy atom. The van der Waals surface area contributed by atoms with Crippen LogP contribution in [0.4, 0.5) is 0 Å². The molecule has 0 N–H and O–H groups in total. The van der Waals surface area contributed by atoms with Crippen LogP contribution in [0, 0.1) is 23.7 Å². The van der Waals surface area contributed by atoms with Gasteiger partial charge in [-0.05, 0) is 31.1 Å². The summed E-state index contributed by atoms with van der Waals surface area (Å²) >= 11 is 0. The molecule has 0 spiro atoms. The normalized spacial score (nSPS) is 47.2. The van der Waals surface area contributed by atoms with Crippen molar-refractivity contribution >= 4 is 5.97 Å². The van der Waals surface area contributed by atoms with Crippen molar-refractivity contribution in [1.82, 2.24) is 0 Å². The van der Waals surface area contributed by atoms with Gasteiger partial charge in [0.15, 0.2) is 0 Å². The van der Waals surface area contributed by atoms with Crippen LogP contribution in [0.15, 0.2) is 0 Å². The van der Waals surface area contributed by atoms with Crippen LogP contribution in [0.1, 0.15) is 64.7 Å². The first-order valence-corrected chi connectivity index (χ1v) is 8.66. The summed E-state index contributed by atoms with van der Waals surface area (Å²) < 4.78 is 12.0. The summed E-state index contributed by atoms with van der Waals surface area (Å²) in [6.45, 7) is 2.25. The molecule has 4 rings (SSSR count). The van der Waals surface area contributed by atoms with E-state index in [1.165, 1.54) is 38.5 Å².